The molecule has 1 saturated carbocycles. The summed E-state index contributed by atoms with van der Waals surface area (Å²) < 4.78 is 13.7. The maximum absolute atomic E-state index is 13.7. The van der Waals surface area contributed by atoms with Gasteiger partial charge in [0.2, 0.25) is 5.91 Å². The lowest BCUT2D eigenvalue weighted by Gasteiger charge is -2.39. The molecule has 0 aliphatic heterocycles. The van der Waals surface area contributed by atoms with E-state index in [0.717, 1.165) is 19.3 Å². The number of nitriles is 1. The average molecular weight is 324 g/mol. The first kappa shape index (κ1) is 16.6. The van der Waals surface area contributed by atoms with E-state index in [9.17, 15) is 14.4 Å². The number of nitrogens with zero attached hydrogens (tertiary/aromatic N) is 2. The molecule has 0 aromatic heterocycles. The van der Waals surface area contributed by atoms with Gasteiger partial charge in [-0.3, -0.25) is 4.79 Å². The number of benzene rings is 1. The van der Waals surface area contributed by atoms with Crippen LogP contribution in [-0.4, -0.2) is 29.9 Å². The quantitative estimate of drug-likeness (QED) is 0.921. The number of hydrogen-bond acceptors (Lipinski definition) is 3. The van der Waals surface area contributed by atoms with Crippen LogP contribution in [-0.2, 0) is 4.79 Å². The molecule has 0 radical (unpaired) electrons. The fourth-order valence-electron chi connectivity index (χ4n) is 2.82. The number of carbonyl (C=O) groups is 1. The first-order valence-electron chi connectivity index (χ1n) is 7.35. The molecule has 0 unspecified atom stereocenters. The van der Waals surface area contributed by atoms with E-state index in [0.29, 0.717) is 17.9 Å². The third-order valence-electron chi connectivity index (χ3n) is 4.27. The van der Waals surface area contributed by atoms with Crippen LogP contribution in [0, 0.1) is 17.1 Å². The second-order valence-corrected chi connectivity index (χ2v) is 6.07. The molecule has 0 bridgehead atoms. The molecule has 2 rings (SSSR count). The van der Waals surface area contributed by atoms with Gasteiger partial charge in [0.1, 0.15) is 11.4 Å². The molecule has 0 heterocycles. The Morgan fingerprint density at radius 1 is 1.45 bits per heavy atom. The van der Waals surface area contributed by atoms with Gasteiger partial charge in [0.15, 0.2) is 0 Å². The van der Waals surface area contributed by atoms with Crippen molar-refractivity contribution in [1.29, 1.82) is 5.26 Å². The predicted molar refractivity (Wildman–Crippen MR) is 84.1 cm³/mol. The topological polar surface area (TPSA) is 56.1 Å². The Hall–Kier alpha value is -1.80. The van der Waals surface area contributed by atoms with Crippen molar-refractivity contribution in [3.8, 4) is 6.07 Å². The Kier molecular flexibility index (Phi) is 5.25. The fraction of sp³-hybridized carbons (Fsp3) is 0.500. The summed E-state index contributed by atoms with van der Waals surface area (Å²) in [4.78, 5) is 13.8. The summed E-state index contributed by atoms with van der Waals surface area (Å²) >= 11 is 5.69. The minimum atomic E-state index is -0.727. The van der Waals surface area contributed by atoms with Gasteiger partial charge < -0.3 is 10.2 Å². The van der Waals surface area contributed by atoms with Crippen molar-refractivity contribution >= 4 is 23.2 Å². The Balaban J connectivity index is 2.00. The first-order chi connectivity index (χ1) is 10.5. The molecular formula is C16H19ClFN3O. The second-order valence-electron chi connectivity index (χ2n) is 5.63. The van der Waals surface area contributed by atoms with Crippen molar-refractivity contribution < 1.29 is 9.18 Å². The first-order valence-corrected chi connectivity index (χ1v) is 7.73. The van der Waals surface area contributed by atoms with Crippen molar-refractivity contribution in [2.45, 2.75) is 37.6 Å². The van der Waals surface area contributed by atoms with E-state index in [-0.39, 0.29) is 18.1 Å². The lowest BCUT2D eigenvalue weighted by Crippen LogP contribution is -2.51. The van der Waals surface area contributed by atoms with E-state index < -0.39 is 11.4 Å². The van der Waals surface area contributed by atoms with Crippen molar-refractivity contribution in [3.05, 3.63) is 29.0 Å². The van der Waals surface area contributed by atoms with Gasteiger partial charge in [-0.15, -0.1) is 0 Å². The van der Waals surface area contributed by atoms with Crippen LogP contribution >= 0.6 is 11.6 Å². The third kappa shape index (κ3) is 3.50. The highest BCUT2D eigenvalue weighted by atomic mass is 35.5. The molecule has 1 aliphatic carbocycles. The second kappa shape index (κ2) is 6.97. The van der Waals surface area contributed by atoms with Crippen LogP contribution in [0.3, 0.4) is 0 Å². The Bertz CT molecular complexity index is 594. The highest BCUT2D eigenvalue weighted by Gasteiger charge is 2.38. The molecule has 0 saturated heterocycles. The molecule has 118 valence electrons. The number of carbonyl (C=O) groups excluding carboxylic acids is 1. The zero-order chi connectivity index (χ0) is 16.2. The van der Waals surface area contributed by atoms with Crippen molar-refractivity contribution in [1.82, 2.24) is 4.90 Å². The zero-order valence-corrected chi connectivity index (χ0v) is 13.3. The van der Waals surface area contributed by atoms with Crippen LogP contribution in [0.1, 0.15) is 32.1 Å². The van der Waals surface area contributed by atoms with Crippen LogP contribution in [0.15, 0.2) is 18.2 Å². The standard InChI is InChI=1S/C16H19ClFN3O/c1-21(16(11-19)7-3-2-4-8-16)15(22)10-20-14-6-5-12(17)9-13(14)18/h5-6,9,20H,2-4,7-8,10H2,1H3. The molecule has 0 spiro atoms. The third-order valence-corrected chi connectivity index (χ3v) is 4.50. The number of hydrogen-bond donors (Lipinski definition) is 1. The molecule has 1 fully saturated rings. The molecule has 4 nitrogen and oxygen atoms in total. The number of anilines is 1. The minimum absolute atomic E-state index is 0.0571. The summed E-state index contributed by atoms with van der Waals surface area (Å²) in [6.07, 6.45) is 4.39. The summed E-state index contributed by atoms with van der Waals surface area (Å²) in [5.74, 6) is -0.728. The number of rotatable bonds is 4. The van der Waals surface area contributed by atoms with Gasteiger partial charge in [0.25, 0.3) is 0 Å². The molecule has 1 N–H and O–H groups in total. The lowest BCUT2D eigenvalue weighted by atomic mass is 9.81. The number of amides is 1. The van der Waals surface area contributed by atoms with Gasteiger partial charge in [0, 0.05) is 12.1 Å². The summed E-state index contributed by atoms with van der Waals surface area (Å²) in [6, 6.07) is 6.54. The highest BCUT2D eigenvalue weighted by molar-refractivity contribution is 6.30. The average Bonchev–Trinajstić information content (AvgIpc) is 2.53. The smallest absolute Gasteiger partial charge is 0.242 e. The fourth-order valence-corrected chi connectivity index (χ4v) is 2.98. The van der Waals surface area contributed by atoms with E-state index >= 15 is 0 Å². The molecular weight excluding hydrogens is 305 g/mol. The van der Waals surface area contributed by atoms with E-state index in [1.54, 1.807) is 13.1 Å². The molecule has 1 aliphatic rings. The molecule has 1 aromatic rings. The van der Waals surface area contributed by atoms with E-state index in [1.807, 2.05) is 0 Å². The molecule has 22 heavy (non-hydrogen) atoms. The Morgan fingerprint density at radius 3 is 2.73 bits per heavy atom. The number of likely N-dealkylation sites (N-methyl/N-ethyl adjacent to an activating group) is 1. The maximum Gasteiger partial charge on any atom is 0.242 e. The zero-order valence-electron chi connectivity index (χ0n) is 12.5. The van der Waals surface area contributed by atoms with Crippen molar-refractivity contribution in [2.24, 2.45) is 0 Å². The van der Waals surface area contributed by atoms with Gasteiger partial charge in [-0.05, 0) is 31.0 Å². The largest absolute Gasteiger partial charge is 0.374 e. The summed E-state index contributed by atoms with van der Waals surface area (Å²) in [7, 11) is 1.65. The molecule has 1 aromatic carbocycles. The van der Waals surface area contributed by atoms with E-state index in [2.05, 4.69) is 11.4 Å². The SMILES string of the molecule is CN(C(=O)CNc1ccc(Cl)cc1F)C1(C#N)CCCCC1. The van der Waals surface area contributed by atoms with E-state index in [1.165, 1.54) is 17.0 Å². The minimum Gasteiger partial charge on any atom is -0.374 e. The lowest BCUT2D eigenvalue weighted by molar-refractivity contribution is -0.132. The Labute approximate surface area is 134 Å². The van der Waals surface area contributed by atoms with E-state index in [4.69, 9.17) is 11.6 Å². The van der Waals surface area contributed by atoms with Crippen LogP contribution in [0.5, 0.6) is 0 Å². The number of halogens is 2. The summed E-state index contributed by atoms with van der Waals surface area (Å²) in [5, 5.41) is 12.6. The monoisotopic (exact) mass is 323 g/mol. The normalized spacial score (nSPS) is 16.6. The van der Waals surface area contributed by atoms with Gasteiger partial charge in [-0.1, -0.05) is 30.9 Å². The number of nitrogens with one attached hydrogen (secondary N) is 1. The van der Waals surface area contributed by atoms with Crippen LogP contribution in [0.25, 0.3) is 0 Å². The molecule has 0 atom stereocenters. The molecule has 1 amide bonds. The summed E-state index contributed by atoms with van der Waals surface area (Å²) in [5.41, 5.74) is -0.504. The van der Waals surface area contributed by atoms with Gasteiger partial charge in [-0.2, -0.15) is 5.26 Å². The maximum atomic E-state index is 13.7. The summed E-state index contributed by atoms with van der Waals surface area (Å²) in [6.45, 7) is -0.0571. The highest BCUT2D eigenvalue weighted by Crippen LogP contribution is 2.32. The van der Waals surface area contributed by atoms with Gasteiger partial charge in [0.05, 0.1) is 18.3 Å². The Morgan fingerprint density at radius 2 is 2.14 bits per heavy atom. The van der Waals surface area contributed by atoms with Crippen LogP contribution < -0.4 is 5.32 Å². The predicted octanol–water partition coefficient (Wildman–Crippen LogP) is 3.58. The van der Waals surface area contributed by atoms with Gasteiger partial charge >= 0.3 is 0 Å². The van der Waals surface area contributed by atoms with Gasteiger partial charge in [-0.25, -0.2) is 4.39 Å². The van der Waals surface area contributed by atoms with Crippen LogP contribution in [0.2, 0.25) is 5.02 Å². The molecule has 6 heteroatoms. The van der Waals surface area contributed by atoms with Crippen LogP contribution in [0.4, 0.5) is 10.1 Å². The van der Waals surface area contributed by atoms with Crippen molar-refractivity contribution in [2.75, 3.05) is 18.9 Å². The van der Waals surface area contributed by atoms with Crippen molar-refractivity contribution in [3.63, 3.8) is 0 Å².